The van der Waals surface area contributed by atoms with Crippen LogP contribution in [0.4, 0.5) is 5.69 Å². The van der Waals surface area contributed by atoms with Crippen molar-refractivity contribution in [1.29, 1.82) is 0 Å². The topological polar surface area (TPSA) is 70.4 Å². The molecule has 1 saturated heterocycles. The zero-order chi connectivity index (χ0) is 23.6. The molecule has 1 aliphatic rings. The molecule has 0 aliphatic carbocycles. The van der Waals surface area contributed by atoms with Crippen LogP contribution in [0.3, 0.4) is 0 Å². The number of para-hydroxylation sites is 1. The van der Waals surface area contributed by atoms with Crippen molar-refractivity contribution >= 4 is 33.5 Å². The summed E-state index contributed by atoms with van der Waals surface area (Å²) >= 11 is 0. The molecule has 6 nitrogen and oxygen atoms in total. The molecule has 174 valence electrons. The van der Waals surface area contributed by atoms with Gasteiger partial charge in [-0.2, -0.15) is 0 Å². The Labute approximate surface area is 203 Å². The molecule has 35 heavy (non-hydrogen) atoms. The summed E-state index contributed by atoms with van der Waals surface area (Å²) in [4.78, 5) is 20.3. The summed E-state index contributed by atoms with van der Waals surface area (Å²) in [6.07, 6.45) is 0. The lowest BCUT2D eigenvalue weighted by Crippen LogP contribution is -2.42. The summed E-state index contributed by atoms with van der Waals surface area (Å²) < 4.78 is 6.10. The molecule has 6 heteroatoms. The van der Waals surface area contributed by atoms with Gasteiger partial charge < -0.3 is 15.1 Å². The SMILES string of the molecule is O=C(Nc1ccccc1-c1nc2cc(CN3CCNCC3)ccc2o1)c1ccc2ccccc2c1. The number of nitrogens with zero attached hydrogens (tertiary/aromatic N) is 2. The Morgan fingerprint density at radius 3 is 2.60 bits per heavy atom. The molecule has 1 fully saturated rings. The number of nitrogens with one attached hydrogen (secondary N) is 2. The largest absolute Gasteiger partial charge is 0.436 e. The van der Waals surface area contributed by atoms with E-state index in [2.05, 4.69) is 27.7 Å². The van der Waals surface area contributed by atoms with Gasteiger partial charge in [-0.25, -0.2) is 4.98 Å². The van der Waals surface area contributed by atoms with Crippen LogP contribution in [0.5, 0.6) is 0 Å². The lowest BCUT2D eigenvalue weighted by Gasteiger charge is -2.27. The van der Waals surface area contributed by atoms with Gasteiger partial charge in [0.2, 0.25) is 5.89 Å². The Balaban J connectivity index is 1.26. The van der Waals surface area contributed by atoms with Gasteiger partial charge in [0, 0.05) is 38.3 Å². The number of oxazole rings is 1. The van der Waals surface area contributed by atoms with Crippen molar-refractivity contribution in [1.82, 2.24) is 15.2 Å². The molecular formula is C29H26N4O2. The molecule has 0 spiro atoms. The highest BCUT2D eigenvalue weighted by atomic mass is 16.3. The molecule has 1 aliphatic heterocycles. The van der Waals surface area contributed by atoms with Gasteiger partial charge in [-0.1, -0.05) is 48.5 Å². The number of amides is 1. The molecule has 0 saturated carbocycles. The number of carbonyl (C=O) groups excluding carboxylic acids is 1. The van der Waals surface area contributed by atoms with Gasteiger partial charge in [0.25, 0.3) is 5.91 Å². The average Bonchev–Trinajstić information content (AvgIpc) is 3.32. The van der Waals surface area contributed by atoms with Crippen molar-refractivity contribution in [2.75, 3.05) is 31.5 Å². The molecule has 0 atom stereocenters. The third kappa shape index (κ3) is 4.54. The molecule has 1 amide bonds. The van der Waals surface area contributed by atoms with Gasteiger partial charge in [0.15, 0.2) is 5.58 Å². The third-order valence-electron chi connectivity index (χ3n) is 6.49. The van der Waals surface area contributed by atoms with E-state index < -0.39 is 0 Å². The second-order valence-electron chi connectivity index (χ2n) is 8.91. The lowest BCUT2D eigenvalue weighted by molar-refractivity contribution is 0.102. The van der Waals surface area contributed by atoms with Crippen LogP contribution >= 0.6 is 0 Å². The highest BCUT2D eigenvalue weighted by molar-refractivity contribution is 6.08. The molecule has 4 aromatic carbocycles. The average molecular weight is 463 g/mol. The Bertz CT molecular complexity index is 1520. The molecule has 0 radical (unpaired) electrons. The first kappa shape index (κ1) is 21.5. The maximum absolute atomic E-state index is 13.1. The van der Waals surface area contributed by atoms with Crippen LogP contribution in [0, 0.1) is 0 Å². The van der Waals surface area contributed by atoms with Crippen LogP contribution in [0.25, 0.3) is 33.3 Å². The quantitative estimate of drug-likeness (QED) is 0.371. The molecule has 6 rings (SSSR count). The number of rotatable bonds is 5. The number of piperazine rings is 1. The van der Waals surface area contributed by atoms with E-state index in [9.17, 15) is 4.79 Å². The van der Waals surface area contributed by atoms with E-state index in [1.165, 1.54) is 5.56 Å². The fraction of sp³-hybridized carbons (Fsp3) is 0.172. The van der Waals surface area contributed by atoms with Crippen LogP contribution < -0.4 is 10.6 Å². The Morgan fingerprint density at radius 1 is 0.914 bits per heavy atom. The summed E-state index contributed by atoms with van der Waals surface area (Å²) in [7, 11) is 0. The number of hydrogen-bond donors (Lipinski definition) is 2. The van der Waals surface area contributed by atoms with Crippen molar-refractivity contribution in [3.05, 3.63) is 96.1 Å². The Morgan fingerprint density at radius 2 is 1.71 bits per heavy atom. The number of carbonyl (C=O) groups is 1. The monoisotopic (exact) mass is 462 g/mol. The Kier molecular flexibility index (Phi) is 5.74. The van der Waals surface area contributed by atoms with Crippen LogP contribution in [0.2, 0.25) is 0 Å². The van der Waals surface area contributed by atoms with Gasteiger partial charge >= 0.3 is 0 Å². The predicted molar refractivity (Wildman–Crippen MR) is 139 cm³/mol. The fourth-order valence-electron chi connectivity index (χ4n) is 4.62. The molecule has 5 aromatic rings. The van der Waals surface area contributed by atoms with E-state index in [4.69, 9.17) is 9.40 Å². The minimum absolute atomic E-state index is 0.169. The van der Waals surface area contributed by atoms with E-state index in [0.29, 0.717) is 17.1 Å². The van der Waals surface area contributed by atoms with Gasteiger partial charge in [-0.3, -0.25) is 9.69 Å². The molecule has 2 N–H and O–H groups in total. The van der Waals surface area contributed by atoms with Crippen LogP contribution in [0.1, 0.15) is 15.9 Å². The second kappa shape index (κ2) is 9.33. The molecular weight excluding hydrogens is 436 g/mol. The van der Waals surface area contributed by atoms with E-state index in [1.807, 2.05) is 72.8 Å². The Hall–Kier alpha value is -4.00. The van der Waals surface area contributed by atoms with Crippen LogP contribution in [0.15, 0.2) is 89.3 Å². The zero-order valence-electron chi connectivity index (χ0n) is 19.3. The van der Waals surface area contributed by atoms with Crippen LogP contribution in [-0.4, -0.2) is 42.0 Å². The number of hydrogen-bond acceptors (Lipinski definition) is 5. The summed E-state index contributed by atoms with van der Waals surface area (Å²) in [6, 6.07) is 27.5. The van der Waals surface area contributed by atoms with Crippen molar-refractivity contribution in [3.63, 3.8) is 0 Å². The van der Waals surface area contributed by atoms with E-state index in [1.54, 1.807) is 0 Å². The third-order valence-corrected chi connectivity index (χ3v) is 6.49. The first-order valence-electron chi connectivity index (χ1n) is 11.9. The summed E-state index contributed by atoms with van der Waals surface area (Å²) in [5, 5.41) is 8.57. The van der Waals surface area contributed by atoms with E-state index in [-0.39, 0.29) is 5.91 Å². The standard InChI is InChI=1S/C29H26N4O2/c34-28(23-11-10-21-5-1-2-6-22(21)18-23)31-25-8-4-3-7-24(25)29-32-26-17-20(9-12-27(26)35-29)19-33-15-13-30-14-16-33/h1-12,17-18,30H,13-16,19H2,(H,31,34). The van der Waals surface area contributed by atoms with E-state index in [0.717, 1.165) is 60.2 Å². The van der Waals surface area contributed by atoms with Crippen molar-refractivity contribution < 1.29 is 9.21 Å². The zero-order valence-corrected chi connectivity index (χ0v) is 19.3. The maximum Gasteiger partial charge on any atom is 0.255 e. The number of benzene rings is 4. The molecule has 0 unspecified atom stereocenters. The van der Waals surface area contributed by atoms with Crippen molar-refractivity contribution in [2.45, 2.75) is 6.54 Å². The van der Waals surface area contributed by atoms with Gasteiger partial charge in [0.1, 0.15) is 5.52 Å². The van der Waals surface area contributed by atoms with Gasteiger partial charge in [-0.15, -0.1) is 0 Å². The highest BCUT2D eigenvalue weighted by Gasteiger charge is 2.16. The number of fused-ring (bicyclic) bond motifs is 2. The minimum Gasteiger partial charge on any atom is -0.436 e. The maximum atomic E-state index is 13.1. The van der Waals surface area contributed by atoms with Crippen molar-refractivity contribution in [2.24, 2.45) is 0 Å². The summed E-state index contributed by atoms with van der Waals surface area (Å²) in [5.74, 6) is 0.325. The number of aromatic nitrogens is 1. The van der Waals surface area contributed by atoms with Gasteiger partial charge in [0.05, 0.1) is 11.3 Å². The first-order valence-corrected chi connectivity index (χ1v) is 11.9. The summed E-state index contributed by atoms with van der Waals surface area (Å²) in [5.41, 5.74) is 4.80. The predicted octanol–water partition coefficient (Wildman–Crippen LogP) is 5.31. The van der Waals surface area contributed by atoms with Crippen molar-refractivity contribution in [3.8, 4) is 11.5 Å². The lowest BCUT2D eigenvalue weighted by atomic mass is 10.1. The second-order valence-corrected chi connectivity index (χ2v) is 8.91. The molecule has 2 heterocycles. The summed E-state index contributed by atoms with van der Waals surface area (Å²) in [6.45, 7) is 5.05. The smallest absolute Gasteiger partial charge is 0.255 e. The molecule has 0 bridgehead atoms. The number of anilines is 1. The highest BCUT2D eigenvalue weighted by Crippen LogP contribution is 2.31. The first-order chi connectivity index (χ1) is 17.2. The minimum atomic E-state index is -0.169. The van der Waals surface area contributed by atoms with E-state index >= 15 is 0 Å². The van der Waals surface area contributed by atoms with Crippen LogP contribution in [-0.2, 0) is 6.54 Å². The van der Waals surface area contributed by atoms with Gasteiger partial charge in [-0.05, 0) is 52.7 Å². The molecule has 1 aromatic heterocycles. The normalized spacial score (nSPS) is 14.4. The fourth-order valence-corrected chi connectivity index (χ4v) is 4.62.